The van der Waals surface area contributed by atoms with Crippen molar-refractivity contribution in [2.24, 2.45) is 0 Å². The maximum atomic E-state index is 2.28. The molecule has 0 bridgehead atoms. The number of allylic oxidation sites excluding steroid dienone is 2. The van der Waals surface area contributed by atoms with Gasteiger partial charge in [-0.2, -0.15) is 0 Å². The molecule has 0 atom stereocenters. The van der Waals surface area contributed by atoms with E-state index in [2.05, 4.69) is 38.1 Å². The molecule has 0 amide bonds. The van der Waals surface area contributed by atoms with Crippen molar-refractivity contribution in [2.45, 2.75) is 20.3 Å². The van der Waals surface area contributed by atoms with Gasteiger partial charge in [0.25, 0.3) is 0 Å². The first-order valence-electron chi connectivity index (χ1n) is 5.85. The molecule has 0 nitrogen and oxygen atoms in total. The summed E-state index contributed by atoms with van der Waals surface area (Å²) in [5.41, 5.74) is 4.60. The summed E-state index contributed by atoms with van der Waals surface area (Å²) in [7, 11) is 0. The molecule has 0 fully saturated rings. The predicted molar refractivity (Wildman–Crippen MR) is 79.2 cm³/mol. The lowest BCUT2D eigenvalue weighted by Crippen LogP contribution is -1.73. The van der Waals surface area contributed by atoms with Crippen LogP contribution in [0.2, 0.25) is 0 Å². The SMILES string of the molecule is CC1=C(C)c2c(sc3c2sc2ccccc23)C1. The molecule has 0 unspecified atom stereocenters. The maximum Gasteiger partial charge on any atom is 0.0541 e. The molecule has 17 heavy (non-hydrogen) atoms. The van der Waals surface area contributed by atoms with Crippen molar-refractivity contribution in [3.63, 3.8) is 0 Å². The standard InChI is InChI=1S/C15H12S2/c1-8-7-12-13(9(8)2)15-14(17-12)10-5-3-4-6-11(10)16-15/h3-6H,7H2,1-2H3. The van der Waals surface area contributed by atoms with E-state index in [-0.39, 0.29) is 0 Å². The van der Waals surface area contributed by atoms with Gasteiger partial charge in [0, 0.05) is 26.9 Å². The van der Waals surface area contributed by atoms with Gasteiger partial charge in [-0.25, -0.2) is 0 Å². The highest BCUT2D eigenvalue weighted by Gasteiger charge is 2.23. The Bertz CT molecular complexity index is 784. The Morgan fingerprint density at radius 3 is 2.71 bits per heavy atom. The molecule has 0 N–H and O–H groups in total. The van der Waals surface area contributed by atoms with Crippen molar-refractivity contribution >= 4 is 47.7 Å². The largest absolute Gasteiger partial charge is 0.138 e. The van der Waals surface area contributed by atoms with Crippen LogP contribution in [-0.4, -0.2) is 0 Å². The van der Waals surface area contributed by atoms with Crippen LogP contribution in [0.5, 0.6) is 0 Å². The van der Waals surface area contributed by atoms with Crippen molar-refractivity contribution in [1.82, 2.24) is 0 Å². The van der Waals surface area contributed by atoms with Gasteiger partial charge in [0.1, 0.15) is 0 Å². The van der Waals surface area contributed by atoms with Crippen molar-refractivity contribution in [3.05, 3.63) is 40.3 Å². The Hall–Kier alpha value is -1.12. The van der Waals surface area contributed by atoms with Gasteiger partial charge >= 0.3 is 0 Å². The molecule has 0 saturated heterocycles. The molecular formula is C15H12S2. The van der Waals surface area contributed by atoms with Crippen LogP contribution in [0.25, 0.3) is 25.1 Å². The molecular weight excluding hydrogens is 244 g/mol. The second kappa shape index (κ2) is 3.21. The third-order valence-corrected chi connectivity index (χ3v) is 6.26. The molecule has 3 aromatic rings. The van der Waals surface area contributed by atoms with Crippen LogP contribution in [0.15, 0.2) is 29.8 Å². The fourth-order valence-corrected chi connectivity index (χ4v) is 5.66. The summed E-state index contributed by atoms with van der Waals surface area (Å²) in [4.78, 5) is 1.58. The smallest absolute Gasteiger partial charge is 0.0541 e. The second-order valence-electron chi connectivity index (χ2n) is 4.74. The molecule has 1 aliphatic rings. The monoisotopic (exact) mass is 256 g/mol. The van der Waals surface area contributed by atoms with Gasteiger partial charge in [-0.1, -0.05) is 23.8 Å². The summed E-state index contributed by atoms with van der Waals surface area (Å²) in [5.74, 6) is 0. The minimum atomic E-state index is 1.17. The molecule has 2 heteroatoms. The van der Waals surface area contributed by atoms with E-state index in [1.807, 2.05) is 22.7 Å². The fourth-order valence-electron chi connectivity index (χ4n) is 2.68. The Morgan fingerprint density at radius 2 is 1.82 bits per heavy atom. The van der Waals surface area contributed by atoms with Crippen LogP contribution < -0.4 is 0 Å². The van der Waals surface area contributed by atoms with Crippen LogP contribution in [0.4, 0.5) is 0 Å². The van der Waals surface area contributed by atoms with Crippen LogP contribution in [0.3, 0.4) is 0 Å². The normalized spacial score (nSPS) is 15.2. The maximum absolute atomic E-state index is 2.28. The molecule has 0 radical (unpaired) electrons. The molecule has 1 aliphatic carbocycles. The Balaban J connectivity index is 2.20. The summed E-state index contributed by atoms with van der Waals surface area (Å²) >= 11 is 3.95. The Kier molecular flexibility index (Phi) is 1.86. The topological polar surface area (TPSA) is 0 Å². The van der Waals surface area contributed by atoms with Gasteiger partial charge in [-0.3, -0.25) is 0 Å². The minimum Gasteiger partial charge on any atom is -0.138 e. The molecule has 4 rings (SSSR count). The van der Waals surface area contributed by atoms with E-state index in [4.69, 9.17) is 0 Å². The van der Waals surface area contributed by atoms with Gasteiger partial charge in [0.15, 0.2) is 0 Å². The van der Waals surface area contributed by atoms with Gasteiger partial charge in [-0.05, 0) is 25.5 Å². The first-order chi connectivity index (χ1) is 8.25. The average Bonchev–Trinajstić information content (AvgIpc) is 2.91. The first kappa shape index (κ1) is 9.86. The van der Waals surface area contributed by atoms with Gasteiger partial charge < -0.3 is 0 Å². The van der Waals surface area contributed by atoms with Crippen molar-refractivity contribution in [3.8, 4) is 0 Å². The average molecular weight is 256 g/mol. The van der Waals surface area contributed by atoms with E-state index in [0.717, 1.165) is 0 Å². The summed E-state index contributed by atoms with van der Waals surface area (Å²) in [5, 5.41) is 1.44. The number of thiophene rings is 2. The lowest BCUT2D eigenvalue weighted by Gasteiger charge is -1.94. The first-order valence-corrected chi connectivity index (χ1v) is 7.48. The lowest BCUT2D eigenvalue weighted by atomic mass is 10.1. The van der Waals surface area contributed by atoms with Gasteiger partial charge in [0.2, 0.25) is 0 Å². The second-order valence-corrected chi connectivity index (χ2v) is 6.90. The van der Waals surface area contributed by atoms with Crippen LogP contribution >= 0.6 is 22.7 Å². The summed E-state index contributed by atoms with van der Waals surface area (Å²) in [6, 6.07) is 8.77. The number of hydrogen-bond acceptors (Lipinski definition) is 2. The molecule has 2 aromatic heterocycles. The highest BCUT2D eigenvalue weighted by atomic mass is 32.1. The van der Waals surface area contributed by atoms with E-state index < -0.39 is 0 Å². The Morgan fingerprint density at radius 1 is 1.00 bits per heavy atom. The lowest BCUT2D eigenvalue weighted by molar-refractivity contribution is 1.23. The summed E-state index contributed by atoms with van der Waals surface area (Å²) in [6.07, 6.45) is 1.17. The minimum absolute atomic E-state index is 1.17. The van der Waals surface area contributed by atoms with Crippen molar-refractivity contribution < 1.29 is 0 Å². The van der Waals surface area contributed by atoms with E-state index >= 15 is 0 Å². The number of hydrogen-bond donors (Lipinski definition) is 0. The van der Waals surface area contributed by atoms with E-state index in [1.165, 1.54) is 31.5 Å². The summed E-state index contributed by atoms with van der Waals surface area (Å²) < 4.78 is 4.44. The molecule has 1 aromatic carbocycles. The highest BCUT2D eigenvalue weighted by Crippen LogP contribution is 2.49. The zero-order valence-corrected chi connectivity index (χ0v) is 11.5. The quantitative estimate of drug-likeness (QED) is 0.500. The van der Waals surface area contributed by atoms with Crippen LogP contribution in [0, 0.1) is 0 Å². The highest BCUT2D eigenvalue weighted by molar-refractivity contribution is 7.33. The molecule has 0 aliphatic heterocycles. The fraction of sp³-hybridized carbons (Fsp3) is 0.200. The van der Waals surface area contributed by atoms with Crippen molar-refractivity contribution in [1.29, 1.82) is 0 Å². The van der Waals surface area contributed by atoms with Gasteiger partial charge in [-0.15, -0.1) is 22.7 Å². The molecule has 0 saturated carbocycles. The zero-order valence-electron chi connectivity index (χ0n) is 9.83. The molecule has 0 spiro atoms. The van der Waals surface area contributed by atoms with Crippen molar-refractivity contribution in [2.75, 3.05) is 0 Å². The number of rotatable bonds is 0. The van der Waals surface area contributed by atoms with Crippen LogP contribution in [0.1, 0.15) is 24.3 Å². The third kappa shape index (κ3) is 1.17. The number of fused-ring (bicyclic) bond motifs is 5. The Labute approximate surface area is 108 Å². The zero-order chi connectivity index (χ0) is 11.6. The van der Waals surface area contributed by atoms with Crippen LogP contribution in [-0.2, 0) is 6.42 Å². The predicted octanol–water partition coefficient (Wildman–Crippen LogP) is 5.47. The van der Waals surface area contributed by atoms with E-state index in [9.17, 15) is 0 Å². The molecule has 84 valence electrons. The molecule has 2 heterocycles. The van der Waals surface area contributed by atoms with E-state index in [1.54, 1.807) is 16.0 Å². The number of benzene rings is 1. The third-order valence-electron chi connectivity index (χ3n) is 3.72. The van der Waals surface area contributed by atoms with E-state index in [0.29, 0.717) is 0 Å². The summed E-state index contributed by atoms with van der Waals surface area (Å²) in [6.45, 7) is 4.54. The van der Waals surface area contributed by atoms with Gasteiger partial charge in [0.05, 0.1) is 9.40 Å².